The zero-order valence-corrected chi connectivity index (χ0v) is 21.5. The van der Waals surface area contributed by atoms with Crippen LogP contribution in [0.4, 0.5) is 0 Å². The Bertz CT molecular complexity index is 1310. The molecule has 0 saturated carbocycles. The molecule has 7 heteroatoms. The number of hydrazone groups is 1. The molecule has 0 bridgehead atoms. The summed E-state index contributed by atoms with van der Waals surface area (Å²) in [6.07, 6.45) is 1.70. The first-order valence-corrected chi connectivity index (χ1v) is 12.0. The summed E-state index contributed by atoms with van der Waals surface area (Å²) in [5, 5.41) is 5.29. The predicted octanol–water partition coefficient (Wildman–Crippen LogP) is 6.36. The second-order valence-electron chi connectivity index (χ2n) is 7.73. The molecule has 0 aliphatic carbocycles. The quantitative estimate of drug-likeness (QED) is 0.208. The minimum absolute atomic E-state index is 0.146. The number of benzene rings is 3. The van der Waals surface area contributed by atoms with Crippen LogP contribution in [0, 0.1) is 13.8 Å². The van der Waals surface area contributed by atoms with Gasteiger partial charge in [-0.15, -0.1) is 0 Å². The van der Waals surface area contributed by atoms with Gasteiger partial charge in [0.15, 0.2) is 6.61 Å². The smallest absolute Gasteiger partial charge is 0.277 e. The van der Waals surface area contributed by atoms with Crippen LogP contribution >= 0.6 is 31.9 Å². The first kappa shape index (κ1) is 23.3. The van der Waals surface area contributed by atoms with Crippen LogP contribution in [0.2, 0.25) is 0 Å². The largest absolute Gasteiger partial charge is 0.481 e. The third-order valence-corrected chi connectivity index (χ3v) is 6.51. The van der Waals surface area contributed by atoms with E-state index < -0.39 is 0 Å². The molecule has 33 heavy (non-hydrogen) atoms. The molecule has 1 amide bonds. The van der Waals surface area contributed by atoms with E-state index in [1.54, 1.807) is 6.21 Å². The summed E-state index contributed by atoms with van der Waals surface area (Å²) >= 11 is 6.94. The number of hydrogen-bond donors (Lipinski definition) is 1. The number of amides is 1. The van der Waals surface area contributed by atoms with Crippen LogP contribution in [-0.4, -0.2) is 23.3 Å². The lowest BCUT2D eigenvalue weighted by Gasteiger charge is -2.10. The van der Waals surface area contributed by atoms with E-state index in [0.717, 1.165) is 43.2 Å². The first-order valence-electron chi connectivity index (χ1n) is 10.5. The van der Waals surface area contributed by atoms with E-state index >= 15 is 0 Å². The fourth-order valence-electron chi connectivity index (χ4n) is 3.75. The Kier molecular flexibility index (Phi) is 7.30. The van der Waals surface area contributed by atoms with E-state index in [9.17, 15) is 4.79 Å². The van der Waals surface area contributed by atoms with Gasteiger partial charge in [0.25, 0.3) is 5.91 Å². The fraction of sp³-hybridized carbons (Fsp3) is 0.154. The van der Waals surface area contributed by atoms with Gasteiger partial charge in [-0.1, -0.05) is 48.5 Å². The van der Waals surface area contributed by atoms with Crippen LogP contribution in [0.15, 0.2) is 80.8 Å². The van der Waals surface area contributed by atoms with E-state index in [1.807, 2.05) is 49.4 Å². The lowest BCUT2D eigenvalue weighted by molar-refractivity contribution is -0.123. The van der Waals surface area contributed by atoms with Gasteiger partial charge in [0.1, 0.15) is 5.75 Å². The Morgan fingerprint density at radius 1 is 1.03 bits per heavy atom. The van der Waals surface area contributed by atoms with Crippen molar-refractivity contribution in [3.8, 4) is 5.75 Å². The van der Waals surface area contributed by atoms with Gasteiger partial charge < -0.3 is 9.30 Å². The Balaban J connectivity index is 1.48. The van der Waals surface area contributed by atoms with Crippen LogP contribution in [-0.2, 0) is 11.3 Å². The van der Waals surface area contributed by atoms with Gasteiger partial charge in [-0.05, 0) is 75.0 Å². The average molecular weight is 569 g/mol. The SMILES string of the molecule is Cc1cc(Br)c(OCC(=O)NN=Cc2c(C)n(Cc3ccccc3)c3ccccc23)c(Br)c1. The third kappa shape index (κ3) is 5.37. The number of ether oxygens (including phenoxy) is 1. The number of hydrogen-bond acceptors (Lipinski definition) is 3. The van der Waals surface area contributed by atoms with Gasteiger partial charge >= 0.3 is 0 Å². The first-order chi connectivity index (χ1) is 15.9. The van der Waals surface area contributed by atoms with Crippen molar-refractivity contribution in [3.63, 3.8) is 0 Å². The van der Waals surface area contributed by atoms with E-state index in [0.29, 0.717) is 5.75 Å². The van der Waals surface area contributed by atoms with Gasteiger partial charge in [-0.2, -0.15) is 5.10 Å². The molecule has 0 spiro atoms. The number of nitrogens with one attached hydrogen (secondary N) is 1. The maximum atomic E-state index is 12.3. The molecule has 168 valence electrons. The summed E-state index contributed by atoms with van der Waals surface area (Å²) in [6, 6.07) is 22.4. The van der Waals surface area contributed by atoms with Crippen LogP contribution in [0.1, 0.15) is 22.4 Å². The number of carbonyl (C=O) groups excluding carboxylic acids is 1. The van der Waals surface area contributed by atoms with E-state index in [4.69, 9.17) is 4.74 Å². The second-order valence-corrected chi connectivity index (χ2v) is 9.44. The molecule has 1 aromatic heterocycles. The van der Waals surface area contributed by atoms with Crippen molar-refractivity contribution in [2.45, 2.75) is 20.4 Å². The topological polar surface area (TPSA) is 55.6 Å². The fourth-order valence-corrected chi connectivity index (χ4v) is 5.40. The van der Waals surface area contributed by atoms with Gasteiger partial charge in [0.05, 0.1) is 15.2 Å². The molecule has 0 radical (unpaired) electrons. The highest BCUT2D eigenvalue weighted by Gasteiger charge is 2.13. The van der Waals surface area contributed by atoms with Crippen molar-refractivity contribution in [1.29, 1.82) is 0 Å². The monoisotopic (exact) mass is 567 g/mol. The summed E-state index contributed by atoms with van der Waals surface area (Å²) in [6.45, 7) is 4.68. The normalized spacial score (nSPS) is 11.3. The number of fused-ring (bicyclic) bond motifs is 1. The number of para-hydroxylation sites is 1. The zero-order chi connectivity index (χ0) is 23.4. The number of aryl methyl sites for hydroxylation is 1. The van der Waals surface area contributed by atoms with Gasteiger partial charge in [-0.25, -0.2) is 5.43 Å². The van der Waals surface area contributed by atoms with Crippen LogP contribution in [0.5, 0.6) is 5.75 Å². The van der Waals surface area contributed by atoms with Crippen molar-refractivity contribution in [2.24, 2.45) is 5.10 Å². The third-order valence-electron chi connectivity index (χ3n) is 5.34. The Morgan fingerprint density at radius 2 is 1.70 bits per heavy atom. The van der Waals surface area contributed by atoms with Crippen molar-refractivity contribution in [1.82, 2.24) is 9.99 Å². The Labute approximate surface area is 209 Å². The number of carbonyl (C=O) groups is 1. The molecule has 0 saturated heterocycles. The number of halogens is 2. The van der Waals surface area contributed by atoms with Gasteiger partial charge in [0, 0.05) is 28.7 Å². The highest BCUT2D eigenvalue weighted by molar-refractivity contribution is 9.11. The lowest BCUT2D eigenvalue weighted by Crippen LogP contribution is -2.24. The van der Waals surface area contributed by atoms with E-state index in [-0.39, 0.29) is 12.5 Å². The molecular weight excluding hydrogens is 546 g/mol. The number of nitrogens with zero attached hydrogens (tertiary/aromatic N) is 2. The van der Waals surface area contributed by atoms with E-state index in [1.165, 1.54) is 5.56 Å². The molecule has 0 atom stereocenters. The molecule has 0 unspecified atom stereocenters. The Hall–Kier alpha value is -2.90. The molecule has 4 aromatic rings. The summed E-state index contributed by atoms with van der Waals surface area (Å²) in [5.41, 5.74) is 8.07. The molecule has 0 aliphatic heterocycles. The molecule has 3 aromatic carbocycles. The molecule has 4 rings (SSSR count). The molecule has 1 heterocycles. The molecule has 1 N–H and O–H groups in total. The summed E-state index contributed by atoms with van der Waals surface area (Å²) < 4.78 is 9.50. The molecule has 5 nitrogen and oxygen atoms in total. The van der Waals surface area contributed by atoms with Crippen LogP contribution < -0.4 is 10.2 Å². The minimum atomic E-state index is -0.337. The average Bonchev–Trinajstić information content (AvgIpc) is 3.05. The standard InChI is InChI=1S/C26H23Br2N3O2/c1-17-12-22(27)26(23(28)13-17)33-16-25(32)30-29-14-21-18(2)31(15-19-8-4-3-5-9-19)24-11-7-6-10-20(21)24/h3-14H,15-16H2,1-2H3,(H,30,32). The van der Waals surface area contributed by atoms with E-state index in [2.05, 4.69) is 78.1 Å². The maximum Gasteiger partial charge on any atom is 0.277 e. The van der Waals surface area contributed by atoms with Crippen molar-refractivity contribution >= 4 is 54.9 Å². The van der Waals surface area contributed by atoms with Gasteiger partial charge in [0.2, 0.25) is 0 Å². The maximum absolute atomic E-state index is 12.3. The predicted molar refractivity (Wildman–Crippen MR) is 140 cm³/mol. The highest BCUT2D eigenvalue weighted by Crippen LogP contribution is 2.34. The number of rotatable bonds is 7. The lowest BCUT2D eigenvalue weighted by atomic mass is 10.1. The van der Waals surface area contributed by atoms with Crippen molar-refractivity contribution in [2.75, 3.05) is 6.61 Å². The molecular formula is C26H23Br2N3O2. The number of aromatic nitrogens is 1. The van der Waals surface area contributed by atoms with Crippen molar-refractivity contribution < 1.29 is 9.53 Å². The van der Waals surface area contributed by atoms with Crippen LogP contribution in [0.3, 0.4) is 0 Å². The summed E-state index contributed by atoms with van der Waals surface area (Å²) in [4.78, 5) is 12.3. The highest BCUT2D eigenvalue weighted by atomic mass is 79.9. The van der Waals surface area contributed by atoms with Gasteiger partial charge in [-0.3, -0.25) is 4.79 Å². The Morgan fingerprint density at radius 3 is 2.42 bits per heavy atom. The minimum Gasteiger partial charge on any atom is -0.481 e. The molecule has 0 aliphatic rings. The van der Waals surface area contributed by atoms with Crippen molar-refractivity contribution in [3.05, 3.63) is 98.1 Å². The molecule has 0 fully saturated rings. The summed E-state index contributed by atoms with van der Waals surface area (Å²) in [7, 11) is 0. The second kappa shape index (κ2) is 10.4. The zero-order valence-electron chi connectivity index (χ0n) is 18.3. The van der Waals surface area contributed by atoms with Crippen LogP contribution in [0.25, 0.3) is 10.9 Å². The summed E-state index contributed by atoms with van der Waals surface area (Å²) in [5.74, 6) is 0.246.